The van der Waals surface area contributed by atoms with Crippen LogP contribution < -0.4 is 16.4 Å². The van der Waals surface area contributed by atoms with Crippen molar-refractivity contribution in [3.05, 3.63) is 4.88 Å². The van der Waals surface area contributed by atoms with Gasteiger partial charge in [-0.15, -0.1) is 6.42 Å². The number of amides is 1. The van der Waals surface area contributed by atoms with Gasteiger partial charge in [-0.25, -0.2) is 4.98 Å². The van der Waals surface area contributed by atoms with Gasteiger partial charge in [0.1, 0.15) is 10.7 Å². The molecule has 1 amide bonds. The van der Waals surface area contributed by atoms with Crippen molar-refractivity contribution in [2.24, 2.45) is 5.92 Å². The largest absolute Gasteiger partial charge is 0.382 e. The third-order valence-electron chi connectivity index (χ3n) is 2.12. The third-order valence-corrected chi connectivity index (χ3v) is 3.15. The molecule has 1 aromatic heterocycles. The predicted molar refractivity (Wildman–Crippen MR) is 75.6 cm³/mol. The maximum atomic E-state index is 11.8. The number of carbonyl (C=O) groups is 1. The maximum absolute atomic E-state index is 11.8. The van der Waals surface area contributed by atoms with E-state index in [1.54, 1.807) is 6.92 Å². The van der Waals surface area contributed by atoms with Crippen LogP contribution in [-0.2, 0) is 0 Å². The lowest BCUT2D eigenvalue weighted by Gasteiger charge is -2.05. The van der Waals surface area contributed by atoms with Gasteiger partial charge in [0.15, 0.2) is 5.13 Å². The standard InChI is InChI=1S/C12H18N4OS/c1-5-8(4)15-11(17)9-10(13)16-12(18-9)14-6-7(2)3/h1,7-8H,6,13H2,2-4H3,(H,14,16)(H,15,17). The third kappa shape index (κ3) is 3.93. The van der Waals surface area contributed by atoms with Crippen molar-refractivity contribution >= 4 is 28.2 Å². The van der Waals surface area contributed by atoms with Crippen LogP contribution in [0.2, 0.25) is 0 Å². The van der Waals surface area contributed by atoms with Gasteiger partial charge in [0, 0.05) is 6.54 Å². The second-order valence-electron chi connectivity index (χ2n) is 4.37. The van der Waals surface area contributed by atoms with E-state index < -0.39 is 0 Å². The summed E-state index contributed by atoms with van der Waals surface area (Å²) in [4.78, 5) is 16.3. The zero-order chi connectivity index (χ0) is 13.7. The second-order valence-corrected chi connectivity index (χ2v) is 5.37. The Bertz CT molecular complexity index is 461. The minimum Gasteiger partial charge on any atom is -0.382 e. The number of thiazole rings is 1. The number of nitrogen functional groups attached to an aromatic ring is 1. The van der Waals surface area contributed by atoms with Crippen molar-refractivity contribution in [2.45, 2.75) is 26.8 Å². The van der Waals surface area contributed by atoms with Crippen molar-refractivity contribution in [1.29, 1.82) is 0 Å². The van der Waals surface area contributed by atoms with Crippen LogP contribution in [0, 0.1) is 18.3 Å². The summed E-state index contributed by atoms with van der Waals surface area (Å²) in [6.07, 6.45) is 5.20. The number of aromatic nitrogens is 1. The molecular weight excluding hydrogens is 248 g/mol. The molecule has 0 bridgehead atoms. The van der Waals surface area contributed by atoms with E-state index >= 15 is 0 Å². The first-order valence-electron chi connectivity index (χ1n) is 5.71. The molecule has 1 atom stereocenters. The highest BCUT2D eigenvalue weighted by atomic mass is 32.1. The van der Waals surface area contributed by atoms with Gasteiger partial charge >= 0.3 is 0 Å². The van der Waals surface area contributed by atoms with E-state index in [1.807, 2.05) is 0 Å². The summed E-state index contributed by atoms with van der Waals surface area (Å²) in [7, 11) is 0. The topological polar surface area (TPSA) is 80.0 Å². The van der Waals surface area contributed by atoms with Crippen molar-refractivity contribution in [2.75, 3.05) is 17.6 Å². The number of hydrogen-bond acceptors (Lipinski definition) is 5. The second kappa shape index (κ2) is 6.26. The molecule has 1 heterocycles. The summed E-state index contributed by atoms with van der Waals surface area (Å²) in [5, 5.41) is 6.44. The molecule has 0 saturated heterocycles. The lowest BCUT2D eigenvalue weighted by atomic mass is 10.2. The van der Waals surface area contributed by atoms with Crippen LogP contribution in [0.4, 0.5) is 10.9 Å². The van der Waals surface area contributed by atoms with Gasteiger partial charge < -0.3 is 16.4 Å². The van der Waals surface area contributed by atoms with Crippen LogP contribution in [0.1, 0.15) is 30.4 Å². The molecule has 1 aromatic rings. The fourth-order valence-electron chi connectivity index (χ4n) is 1.17. The highest BCUT2D eigenvalue weighted by Crippen LogP contribution is 2.25. The van der Waals surface area contributed by atoms with E-state index in [9.17, 15) is 4.79 Å². The SMILES string of the molecule is C#CC(C)NC(=O)c1sc(NCC(C)C)nc1N. The molecule has 18 heavy (non-hydrogen) atoms. The molecule has 5 nitrogen and oxygen atoms in total. The Morgan fingerprint density at radius 1 is 1.56 bits per heavy atom. The Kier molecular flexibility index (Phi) is 4.98. The number of anilines is 2. The quantitative estimate of drug-likeness (QED) is 0.706. The van der Waals surface area contributed by atoms with Crippen molar-refractivity contribution in [1.82, 2.24) is 10.3 Å². The van der Waals surface area contributed by atoms with Crippen LogP contribution in [0.15, 0.2) is 0 Å². The molecule has 0 aliphatic rings. The lowest BCUT2D eigenvalue weighted by molar-refractivity contribution is 0.0953. The number of rotatable bonds is 5. The Labute approximate surface area is 111 Å². The molecule has 98 valence electrons. The molecule has 6 heteroatoms. The van der Waals surface area contributed by atoms with E-state index in [4.69, 9.17) is 12.2 Å². The number of carbonyl (C=O) groups excluding carboxylic acids is 1. The van der Waals surface area contributed by atoms with Crippen LogP contribution in [0.5, 0.6) is 0 Å². The molecule has 0 aliphatic carbocycles. The molecule has 0 fully saturated rings. The van der Waals surface area contributed by atoms with Gasteiger partial charge in [-0.05, 0) is 12.8 Å². The van der Waals surface area contributed by atoms with Gasteiger partial charge in [0.25, 0.3) is 5.91 Å². The zero-order valence-electron chi connectivity index (χ0n) is 10.8. The first kappa shape index (κ1) is 14.3. The van der Waals surface area contributed by atoms with E-state index in [1.165, 1.54) is 11.3 Å². The summed E-state index contributed by atoms with van der Waals surface area (Å²) < 4.78 is 0. The van der Waals surface area contributed by atoms with Crippen LogP contribution in [0.25, 0.3) is 0 Å². The fraction of sp³-hybridized carbons (Fsp3) is 0.500. The Morgan fingerprint density at radius 3 is 2.78 bits per heavy atom. The highest BCUT2D eigenvalue weighted by molar-refractivity contribution is 7.18. The summed E-state index contributed by atoms with van der Waals surface area (Å²) in [6.45, 7) is 6.69. The van der Waals surface area contributed by atoms with Crippen LogP contribution in [-0.4, -0.2) is 23.5 Å². The minimum absolute atomic E-state index is 0.230. The van der Waals surface area contributed by atoms with Crippen molar-refractivity contribution in [3.8, 4) is 12.3 Å². The minimum atomic E-state index is -0.328. The Hall–Kier alpha value is -1.74. The van der Waals surface area contributed by atoms with E-state index in [-0.39, 0.29) is 17.8 Å². The van der Waals surface area contributed by atoms with Crippen molar-refractivity contribution < 1.29 is 4.79 Å². The smallest absolute Gasteiger partial charge is 0.266 e. The number of nitrogens with zero attached hydrogens (tertiary/aromatic N) is 1. The Balaban J connectivity index is 2.72. The molecule has 0 radical (unpaired) electrons. The van der Waals surface area contributed by atoms with Crippen LogP contribution in [0.3, 0.4) is 0 Å². The lowest BCUT2D eigenvalue weighted by Crippen LogP contribution is -2.31. The number of hydrogen-bond donors (Lipinski definition) is 3. The van der Waals surface area contributed by atoms with E-state index in [0.29, 0.717) is 15.9 Å². The summed E-state index contributed by atoms with van der Waals surface area (Å²) in [6, 6.07) is -0.328. The number of nitrogens with one attached hydrogen (secondary N) is 2. The summed E-state index contributed by atoms with van der Waals surface area (Å²) >= 11 is 1.23. The van der Waals surface area contributed by atoms with Crippen LogP contribution >= 0.6 is 11.3 Å². The monoisotopic (exact) mass is 266 g/mol. The van der Waals surface area contributed by atoms with Gasteiger partial charge in [-0.2, -0.15) is 0 Å². The Morgan fingerprint density at radius 2 is 2.22 bits per heavy atom. The van der Waals surface area contributed by atoms with Gasteiger partial charge in [-0.1, -0.05) is 31.1 Å². The molecule has 1 unspecified atom stereocenters. The first-order chi connectivity index (χ1) is 8.43. The van der Waals surface area contributed by atoms with E-state index in [0.717, 1.165) is 6.54 Å². The molecule has 0 aromatic carbocycles. The highest BCUT2D eigenvalue weighted by Gasteiger charge is 2.17. The van der Waals surface area contributed by atoms with Crippen molar-refractivity contribution in [3.63, 3.8) is 0 Å². The average Bonchev–Trinajstić information content (AvgIpc) is 2.67. The first-order valence-corrected chi connectivity index (χ1v) is 6.52. The van der Waals surface area contributed by atoms with Gasteiger partial charge in [0.2, 0.25) is 0 Å². The number of terminal acetylenes is 1. The normalized spacial score (nSPS) is 11.9. The van der Waals surface area contributed by atoms with E-state index in [2.05, 4.69) is 35.4 Å². The molecule has 0 aliphatic heterocycles. The van der Waals surface area contributed by atoms with Gasteiger partial charge in [0.05, 0.1) is 6.04 Å². The molecule has 4 N–H and O–H groups in total. The number of nitrogens with two attached hydrogens (primary N) is 1. The molecular formula is C12H18N4OS. The predicted octanol–water partition coefficient (Wildman–Crippen LogP) is 1.54. The molecule has 0 saturated carbocycles. The summed E-state index contributed by atoms with van der Waals surface area (Å²) in [5.41, 5.74) is 5.71. The summed E-state index contributed by atoms with van der Waals surface area (Å²) in [5.74, 6) is 2.87. The zero-order valence-corrected chi connectivity index (χ0v) is 11.6. The maximum Gasteiger partial charge on any atom is 0.266 e. The fourth-order valence-corrected chi connectivity index (χ4v) is 1.96. The average molecular weight is 266 g/mol. The molecule has 1 rings (SSSR count). The van der Waals surface area contributed by atoms with Gasteiger partial charge in [-0.3, -0.25) is 4.79 Å². The molecule has 0 spiro atoms.